The van der Waals surface area contributed by atoms with E-state index in [0.29, 0.717) is 23.7 Å². The lowest BCUT2D eigenvalue weighted by Crippen LogP contribution is -2.25. The molecule has 1 aliphatic heterocycles. The molecule has 0 fully saturated rings. The monoisotopic (exact) mass is 366 g/mol. The number of hydrogen-bond acceptors (Lipinski definition) is 4. The molecule has 0 aromatic heterocycles. The first-order valence-electron chi connectivity index (χ1n) is 8.64. The average Bonchev–Trinajstić information content (AvgIpc) is 3.09. The second-order valence-electron chi connectivity index (χ2n) is 6.19. The van der Waals surface area contributed by atoms with Gasteiger partial charge >= 0.3 is 0 Å². The SMILES string of the molecule is COc1ccc(/C=C/C(=O)Nc2ccc3c(c2)CCN3C(C)=O)c(OC)c1. The van der Waals surface area contributed by atoms with Crippen molar-refractivity contribution in [2.75, 3.05) is 31.0 Å². The molecule has 0 unspecified atom stereocenters. The van der Waals surface area contributed by atoms with Gasteiger partial charge in [-0.15, -0.1) is 0 Å². The molecular formula is C21H22N2O4. The molecule has 1 N–H and O–H groups in total. The molecule has 0 atom stereocenters. The Kier molecular flexibility index (Phi) is 5.45. The molecule has 1 heterocycles. The van der Waals surface area contributed by atoms with Crippen molar-refractivity contribution >= 4 is 29.3 Å². The van der Waals surface area contributed by atoms with Crippen LogP contribution in [0.5, 0.6) is 11.5 Å². The third kappa shape index (κ3) is 4.11. The summed E-state index contributed by atoms with van der Waals surface area (Å²) in [7, 11) is 3.16. The largest absolute Gasteiger partial charge is 0.497 e. The van der Waals surface area contributed by atoms with Crippen LogP contribution in [-0.4, -0.2) is 32.6 Å². The number of carbonyl (C=O) groups is 2. The van der Waals surface area contributed by atoms with E-state index in [2.05, 4.69) is 5.32 Å². The van der Waals surface area contributed by atoms with Crippen LogP contribution in [-0.2, 0) is 16.0 Å². The highest BCUT2D eigenvalue weighted by Crippen LogP contribution is 2.30. The number of carbonyl (C=O) groups excluding carboxylic acids is 2. The summed E-state index contributed by atoms with van der Waals surface area (Å²) >= 11 is 0. The van der Waals surface area contributed by atoms with Crippen molar-refractivity contribution in [2.24, 2.45) is 0 Å². The number of nitrogens with zero attached hydrogens (tertiary/aromatic N) is 1. The molecule has 0 aliphatic carbocycles. The topological polar surface area (TPSA) is 67.9 Å². The molecule has 3 rings (SSSR count). The molecule has 0 spiro atoms. The van der Waals surface area contributed by atoms with Gasteiger partial charge in [0.05, 0.1) is 14.2 Å². The van der Waals surface area contributed by atoms with E-state index in [1.807, 2.05) is 18.2 Å². The number of ether oxygens (including phenoxy) is 2. The molecule has 0 bridgehead atoms. The van der Waals surface area contributed by atoms with Crippen molar-refractivity contribution in [3.05, 3.63) is 53.6 Å². The summed E-state index contributed by atoms with van der Waals surface area (Å²) in [5.41, 5.74) is 3.46. The van der Waals surface area contributed by atoms with Crippen LogP contribution in [0.4, 0.5) is 11.4 Å². The molecule has 6 heteroatoms. The fourth-order valence-electron chi connectivity index (χ4n) is 3.11. The number of rotatable bonds is 5. The number of amides is 2. The molecule has 2 amide bonds. The molecule has 1 aliphatic rings. The summed E-state index contributed by atoms with van der Waals surface area (Å²) < 4.78 is 10.5. The van der Waals surface area contributed by atoms with E-state index in [-0.39, 0.29) is 11.8 Å². The van der Waals surface area contributed by atoms with Crippen molar-refractivity contribution in [3.63, 3.8) is 0 Å². The minimum atomic E-state index is -0.241. The van der Waals surface area contributed by atoms with Crippen LogP contribution in [0.3, 0.4) is 0 Å². The zero-order chi connectivity index (χ0) is 19.4. The highest BCUT2D eigenvalue weighted by molar-refractivity contribution is 6.02. The Hall–Kier alpha value is -3.28. The standard InChI is InChI=1S/C21H22N2O4/c1-14(24)23-11-10-16-12-17(6-8-19(16)23)22-21(25)9-5-15-4-7-18(26-2)13-20(15)27-3/h4-9,12-13H,10-11H2,1-3H3,(H,22,25)/b9-5+. The second kappa shape index (κ2) is 7.95. The van der Waals surface area contributed by atoms with E-state index in [9.17, 15) is 9.59 Å². The minimum Gasteiger partial charge on any atom is -0.497 e. The molecule has 2 aromatic carbocycles. The van der Waals surface area contributed by atoms with Crippen molar-refractivity contribution in [1.29, 1.82) is 0 Å². The molecule has 0 saturated heterocycles. The maximum atomic E-state index is 12.3. The lowest BCUT2D eigenvalue weighted by atomic mass is 10.1. The van der Waals surface area contributed by atoms with Crippen molar-refractivity contribution in [2.45, 2.75) is 13.3 Å². The van der Waals surface area contributed by atoms with Gasteiger partial charge in [-0.1, -0.05) is 0 Å². The molecule has 140 valence electrons. The zero-order valence-electron chi connectivity index (χ0n) is 15.6. The maximum Gasteiger partial charge on any atom is 0.248 e. The fraction of sp³-hybridized carbons (Fsp3) is 0.238. The number of hydrogen-bond donors (Lipinski definition) is 1. The van der Waals surface area contributed by atoms with Gasteiger partial charge < -0.3 is 19.7 Å². The lowest BCUT2D eigenvalue weighted by molar-refractivity contribution is -0.116. The van der Waals surface area contributed by atoms with Crippen LogP contribution < -0.4 is 19.7 Å². The summed E-state index contributed by atoms with van der Waals surface area (Å²) in [6.45, 7) is 2.24. The zero-order valence-corrected chi connectivity index (χ0v) is 15.6. The van der Waals surface area contributed by atoms with Crippen LogP contribution in [0.15, 0.2) is 42.5 Å². The summed E-state index contributed by atoms with van der Waals surface area (Å²) in [4.78, 5) is 25.6. The average molecular weight is 366 g/mol. The normalized spacial score (nSPS) is 12.8. The van der Waals surface area contributed by atoms with Crippen LogP contribution in [0.1, 0.15) is 18.1 Å². The lowest BCUT2D eigenvalue weighted by Gasteiger charge is -2.14. The van der Waals surface area contributed by atoms with E-state index in [0.717, 1.165) is 23.2 Å². The number of anilines is 2. The predicted octanol–water partition coefficient (Wildman–Crippen LogP) is 3.26. The summed E-state index contributed by atoms with van der Waals surface area (Å²) in [6.07, 6.45) is 3.94. The Bertz CT molecular complexity index is 905. The van der Waals surface area contributed by atoms with Gasteiger partial charge in [0.2, 0.25) is 11.8 Å². The van der Waals surface area contributed by atoms with Gasteiger partial charge in [-0.2, -0.15) is 0 Å². The quantitative estimate of drug-likeness (QED) is 0.825. The van der Waals surface area contributed by atoms with E-state index >= 15 is 0 Å². The molecular weight excluding hydrogens is 344 g/mol. The Balaban J connectivity index is 1.70. The minimum absolute atomic E-state index is 0.0295. The third-order valence-corrected chi connectivity index (χ3v) is 4.48. The van der Waals surface area contributed by atoms with Gasteiger partial charge in [-0.05, 0) is 48.4 Å². The van der Waals surface area contributed by atoms with E-state index < -0.39 is 0 Å². The van der Waals surface area contributed by atoms with Crippen LogP contribution in [0, 0.1) is 0 Å². The van der Waals surface area contributed by atoms with Crippen LogP contribution >= 0.6 is 0 Å². The van der Waals surface area contributed by atoms with Crippen molar-refractivity contribution < 1.29 is 19.1 Å². The highest BCUT2D eigenvalue weighted by atomic mass is 16.5. The first-order valence-corrected chi connectivity index (χ1v) is 8.64. The van der Waals surface area contributed by atoms with Gasteiger partial charge in [-0.25, -0.2) is 0 Å². The van der Waals surface area contributed by atoms with E-state index in [1.54, 1.807) is 50.3 Å². The van der Waals surface area contributed by atoms with Crippen LogP contribution in [0.25, 0.3) is 6.08 Å². The van der Waals surface area contributed by atoms with Gasteiger partial charge in [0.25, 0.3) is 0 Å². The summed E-state index contributed by atoms with van der Waals surface area (Å²) in [5, 5.41) is 2.85. The number of benzene rings is 2. The van der Waals surface area contributed by atoms with E-state index in [4.69, 9.17) is 9.47 Å². The van der Waals surface area contributed by atoms with E-state index in [1.165, 1.54) is 6.08 Å². The molecule has 27 heavy (non-hydrogen) atoms. The number of fused-ring (bicyclic) bond motifs is 1. The Morgan fingerprint density at radius 1 is 1.11 bits per heavy atom. The molecule has 2 aromatic rings. The Labute approximate surface area is 158 Å². The summed E-state index contributed by atoms with van der Waals surface area (Å²) in [6, 6.07) is 11.0. The predicted molar refractivity (Wildman–Crippen MR) is 105 cm³/mol. The maximum absolute atomic E-state index is 12.3. The third-order valence-electron chi connectivity index (χ3n) is 4.48. The van der Waals surface area contributed by atoms with Gasteiger partial charge in [0.1, 0.15) is 11.5 Å². The first kappa shape index (κ1) is 18.5. The fourth-order valence-corrected chi connectivity index (χ4v) is 3.11. The smallest absolute Gasteiger partial charge is 0.248 e. The molecule has 0 radical (unpaired) electrons. The Morgan fingerprint density at radius 2 is 1.93 bits per heavy atom. The second-order valence-corrected chi connectivity index (χ2v) is 6.19. The van der Waals surface area contributed by atoms with Gasteiger partial charge in [0, 0.05) is 42.5 Å². The Morgan fingerprint density at radius 3 is 2.63 bits per heavy atom. The van der Waals surface area contributed by atoms with Gasteiger partial charge in [-0.3, -0.25) is 9.59 Å². The van der Waals surface area contributed by atoms with Crippen molar-refractivity contribution in [3.8, 4) is 11.5 Å². The van der Waals surface area contributed by atoms with Crippen LogP contribution in [0.2, 0.25) is 0 Å². The number of nitrogens with one attached hydrogen (secondary N) is 1. The van der Waals surface area contributed by atoms with Gasteiger partial charge in [0.15, 0.2) is 0 Å². The first-order chi connectivity index (χ1) is 13.0. The van der Waals surface area contributed by atoms with Crippen molar-refractivity contribution in [1.82, 2.24) is 0 Å². The number of methoxy groups -OCH3 is 2. The summed E-state index contributed by atoms with van der Waals surface area (Å²) in [5.74, 6) is 1.10. The molecule has 0 saturated carbocycles. The highest BCUT2D eigenvalue weighted by Gasteiger charge is 2.22. The molecule has 6 nitrogen and oxygen atoms in total.